The second-order valence-corrected chi connectivity index (χ2v) is 3.81. The molecule has 1 amide bonds. The van der Waals surface area contributed by atoms with Crippen LogP contribution in [0.2, 0.25) is 0 Å². The van der Waals surface area contributed by atoms with Gasteiger partial charge in [-0.1, -0.05) is 0 Å². The van der Waals surface area contributed by atoms with Gasteiger partial charge in [0.25, 0.3) is 5.91 Å². The lowest BCUT2D eigenvalue weighted by Gasteiger charge is -2.30. The Hall–Kier alpha value is -1.12. The molecule has 0 saturated carbocycles. The van der Waals surface area contributed by atoms with Gasteiger partial charge in [-0.15, -0.1) is 0 Å². The quantitative estimate of drug-likeness (QED) is 0.596. The highest BCUT2D eigenvalue weighted by Gasteiger charge is 2.29. The summed E-state index contributed by atoms with van der Waals surface area (Å²) < 4.78 is 0. The van der Waals surface area contributed by atoms with Crippen LogP contribution in [0.5, 0.6) is 0 Å². The van der Waals surface area contributed by atoms with Crippen LogP contribution in [0.3, 0.4) is 0 Å². The summed E-state index contributed by atoms with van der Waals surface area (Å²) >= 11 is 0. The smallest absolute Gasteiger partial charge is 0.272 e. The fourth-order valence-electron chi connectivity index (χ4n) is 1.85. The topological polar surface area (TPSA) is 32.7 Å². The second kappa shape index (κ2) is 2.98. The Bertz CT molecular complexity index is 302. The molecule has 0 fully saturated rings. The number of aliphatic imine (C=N–C) groups is 1. The first-order chi connectivity index (χ1) is 6.20. The van der Waals surface area contributed by atoms with E-state index in [2.05, 4.69) is 4.99 Å². The highest BCUT2D eigenvalue weighted by atomic mass is 16.2. The molecule has 2 heterocycles. The predicted octanol–water partition coefficient (Wildman–Crippen LogP) is 1.36. The molecule has 0 saturated heterocycles. The Morgan fingerprint density at radius 2 is 2.31 bits per heavy atom. The first kappa shape index (κ1) is 8.48. The summed E-state index contributed by atoms with van der Waals surface area (Å²) in [5.41, 5.74) is 1.93. The van der Waals surface area contributed by atoms with E-state index in [0.29, 0.717) is 5.70 Å². The molecule has 0 N–H and O–H groups in total. The van der Waals surface area contributed by atoms with Crippen molar-refractivity contribution < 1.29 is 4.79 Å². The number of rotatable bonds is 1. The van der Waals surface area contributed by atoms with Gasteiger partial charge in [-0.2, -0.15) is 0 Å². The van der Waals surface area contributed by atoms with Gasteiger partial charge in [0, 0.05) is 25.2 Å². The fourth-order valence-corrected chi connectivity index (χ4v) is 1.85. The monoisotopic (exact) mass is 178 g/mol. The Morgan fingerprint density at radius 3 is 3.00 bits per heavy atom. The molecule has 2 aliphatic heterocycles. The summed E-state index contributed by atoms with van der Waals surface area (Å²) in [6.45, 7) is 4.95. The SMILES string of the molecule is CC(C)N1CCC2=C(N=CC2)C1=O. The molecule has 13 heavy (non-hydrogen) atoms. The normalized spacial score (nSPS) is 21.8. The maximum Gasteiger partial charge on any atom is 0.272 e. The number of hydrogen-bond acceptors (Lipinski definition) is 2. The molecular weight excluding hydrogens is 164 g/mol. The zero-order valence-electron chi connectivity index (χ0n) is 8.08. The molecule has 0 aromatic carbocycles. The molecule has 0 aromatic heterocycles. The van der Waals surface area contributed by atoms with E-state index in [-0.39, 0.29) is 11.9 Å². The third-order valence-corrected chi connectivity index (χ3v) is 2.63. The molecule has 0 bridgehead atoms. The third-order valence-electron chi connectivity index (χ3n) is 2.63. The Kier molecular flexibility index (Phi) is 1.94. The minimum absolute atomic E-state index is 0.116. The van der Waals surface area contributed by atoms with Gasteiger partial charge in [-0.25, -0.2) is 0 Å². The highest BCUT2D eigenvalue weighted by molar-refractivity contribution is 5.98. The van der Waals surface area contributed by atoms with Crippen molar-refractivity contribution in [3.63, 3.8) is 0 Å². The molecule has 0 spiro atoms. The number of carbonyl (C=O) groups excluding carboxylic acids is 1. The van der Waals surface area contributed by atoms with E-state index in [9.17, 15) is 4.79 Å². The lowest BCUT2D eigenvalue weighted by molar-refractivity contribution is -0.129. The Morgan fingerprint density at radius 1 is 1.54 bits per heavy atom. The van der Waals surface area contributed by atoms with E-state index < -0.39 is 0 Å². The molecule has 0 radical (unpaired) electrons. The number of nitrogens with zero attached hydrogens (tertiary/aromatic N) is 2. The van der Waals surface area contributed by atoms with Crippen molar-refractivity contribution >= 4 is 12.1 Å². The van der Waals surface area contributed by atoms with Crippen molar-refractivity contribution in [3.8, 4) is 0 Å². The van der Waals surface area contributed by atoms with Crippen molar-refractivity contribution in [3.05, 3.63) is 11.3 Å². The van der Waals surface area contributed by atoms with Crippen LogP contribution in [0.15, 0.2) is 16.3 Å². The van der Waals surface area contributed by atoms with Crippen LogP contribution in [0, 0.1) is 0 Å². The fraction of sp³-hybridized carbons (Fsp3) is 0.600. The van der Waals surface area contributed by atoms with Crippen molar-refractivity contribution in [1.29, 1.82) is 0 Å². The Balaban J connectivity index is 2.26. The van der Waals surface area contributed by atoms with E-state index in [1.54, 1.807) is 0 Å². The molecule has 0 unspecified atom stereocenters. The molecule has 2 aliphatic rings. The highest BCUT2D eigenvalue weighted by Crippen LogP contribution is 2.26. The zero-order chi connectivity index (χ0) is 9.42. The minimum Gasteiger partial charge on any atom is -0.335 e. The van der Waals surface area contributed by atoms with Crippen LogP contribution in [0.4, 0.5) is 0 Å². The van der Waals surface area contributed by atoms with Gasteiger partial charge in [0.1, 0.15) is 5.70 Å². The van der Waals surface area contributed by atoms with E-state index in [0.717, 1.165) is 19.4 Å². The largest absolute Gasteiger partial charge is 0.335 e. The van der Waals surface area contributed by atoms with Crippen LogP contribution in [-0.2, 0) is 4.79 Å². The first-order valence-corrected chi connectivity index (χ1v) is 4.75. The predicted molar refractivity (Wildman–Crippen MR) is 51.6 cm³/mol. The third kappa shape index (κ3) is 1.28. The van der Waals surface area contributed by atoms with Gasteiger partial charge < -0.3 is 4.90 Å². The van der Waals surface area contributed by atoms with Crippen LogP contribution < -0.4 is 0 Å². The number of carbonyl (C=O) groups is 1. The maximum atomic E-state index is 11.8. The molecule has 0 aliphatic carbocycles. The molecule has 2 rings (SSSR count). The van der Waals surface area contributed by atoms with Gasteiger partial charge in [-0.3, -0.25) is 9.79 Å². The molecular formula is C10H14N2O. The van der Waals surface area contributed by atoms with Gasteiger partial charge in [0.2, 0.25) is 0 Å². The summed E-state index contributed by atoms with van der Waals surface area (Å²) in [5, 5.41) is 0. The summed E-state index contributed by atoms with van der Waals surface area (Å²) in [6, 6.07) is 0.289. The van der Waals surface area contributed by atoms with Crippen LogP contribution in [0.25, 0.3) is 0 Å². The van der Waals surface area contributed by atoms with Crippen molar-refractivity contribution in [2.45, 2.75) is 32.7 Å². The van der Waals surface area contributed by atoms with Crippen LogP contribution in [0.1, 0.15) is 26.7 Å². The molecule has 3 nitrogen and oxygen atoms in total. The van der Waals surface area contributed by atoms with E-state index in [1.807, 2.05) is 25.0 Å². The van der Waals surface area contributed by atoms with E-state index in [4.69, 9.17) is 0 Å². The van der Waals surface area contributed by atoms with E-state index in [1.165, 1.54) is 5.57 Å². The average Bonchev–Trinajstić information content (AvgIpc) is 2.52. The van der Waals surface area contributed by atoms with Gasteiger partial charge in [0.05, 0.1) is 0 Å². The summed E-state index contributed by atoms with van der Waals surface area (Å²) in [4.78, 5) is 17.8. The molecule has 3 heteroatoms. The maximum absolute atomic E-state index is 11.8. The van der Waals surface area contributed by atoms with Gasteiger partial charge in [0.15, 0.2) is 0 Å². The van der Waals surface area contributed by atoms with Crippen molar-refractivity contribution in [2.75, 3.05) is 6.54 Å². The summed E-state index contributed by atoms with van der Waals surface area (Å²) in [5.74, 6) is 0.116. The second-order valence-electron chi connectivity index (χ2n) is 3.81. The molecule has 0 aromatic rings. The lowest BCUT2D eigenvalue weighted by atomic mass is 10.0. The number of amides is 1. The van der Waals surface area contributed by atoms with Crippen LogP contribution in [-0.4, -0.2) is 29.6 Å². The number of hydrogen-bond donors (Lipinski definition) is 0. The summed E-state index contributed by atoms with van der Waals surface area (Å²) in [6.07, 6.45) is 3.72. The molecule has 70 valence electrons. The summed E-state index contributed by atoms with van der Waals surface area (Å²) in [7, 11) is 0. The Labute approximate surface area is 78.1 Å². The lowest BCUT2D eigenvalue weighted by Crippen LogP contribution is -2.41. The van der Waals surface area contributed by atoms with Crippen molar-refractivity contribution in [2.24, 2.45) is 4.99 Å². The standard InChI is InChI=1S/C10H14N2O/c1-7(2)12-6-4-8-3-5-11-9(8)10(12)13/h5,7H,3-4,6H2,1-2H3. The minimum atomic E-state index is 0.116. The van der Waals surface area contributed by atoms with Crippen molar-refractivity contribution in [1.82, 2.24) is 4.90 Å². The molecule has 0 atom stereocenters. The van der Waals surface area contributed by atoms with Crippen LogP contribution >= 0.6 is 0 Å². The first-order valence-electron chi connectivity index (χ1n) is 4.75. The van der Waals surface area contributed by atoms with E-state index >= 15 is 0 Å². The van der Waals surface area contributed by atoms with Gasteiger partial charge >= 0.3 is 0 Å². The zero-order valence-corrected chi connectivity index (χ0v) is 8.08. The van der Waals surface area contributed by atoms with Gasteiger partial charge in [-0.05, 0) is 25.8 Å². The average molecular weight is 178 g/mol.